The summed E-state index contributed by atoms with van der Waals surface area (Å²) in [5.41, 5.74) is -4.21. The summed E-state index contributed by atoms with van der Waals surface area (Å²) in [7, 11) is 0. The van der Waals surface area contributed by atoms with Crippen LogP contribution in [-0.2, 0) is 23.4 Å². The van der Waals surface area contributed by atoms with E-state index in [9.17, 15) is 26.3 Å². The average molecular weight is 505 g/mol. The van der Waals surface area contributed by atoms with Crippen LogP contribution in [-0.4, -0.2) is 14.8 Å². The van der Waals surface area contributed by atoms with Crippen LogP contribution in [0.2, 0.25) is 0 Å². The van der Waals surface area contributed by atoms with Crippen molar-refractivity contribution in [1.82, 2.24) is 14.8 Å². The third-order valence-corrected chi connectivity index (χ3v) is 7.38. The number of alkyl halides is 6. The smallest absolute Gasteiger partial charge is 0.248 e. The van der Waals surface area contributed by atoms with Gasteiger partial charge in [-0.2, -0.15) is 30.9 Å². The molecule has 0 aliphatic carbocycles. The third-order valence-electron chi connectivity index (χ3n) is 7.38. The normalized spacial score (nSPS) is 20.1. The Hall–Kier alpha value is -3.83. The zero-order chi connectivity index (χ0) is 25.6. The van der Waals surface area contributed by atoms with Crippen LogP contribution in [0.3, 0.4) is 0 Å². The Kier molecular flexibility index (Phi) is 3.53. The first-order valence-corrected chi connectivity index (χ1v) is 10.9. The van der Waals surface area contributed by atoms with E-state index in [1.165, 1.54) is 6.07 Å². The van der Waals surface area contributed by atoms with Crippen molar-refractivity contribution in [2.24, 2.45) is 0 Å². The van der Waals surface area contributed by atoms with Crippen LogP contribution in [0, 0.1) is 5.82 Å². The number of rotatable bonds is 0. The Morgan fingerprint density at radius 2 is 1.56 bits per heavy atom. The van der Waals surface area contributed by atoms with Crippen molar-refractivity contribution in [3.63, 3.8) is 0 Å². The fraction of sp³-hybridized carbons (Fsp3) is 0.250. The molecule has 0 saturated heterocycles. The first-order chi connectivity index (χ1) is 16.8. The molecule has 1 spiro atoms. The van der Waals surface area contributed by atoms with E-state index in [1.807, 2.05) is 13.8 Å². The van der Waals surface area contributed by atoms with Gasteiger partial charge in [-0.25, -0.2) is 9.37 Å². The van der Waals surface area contributed by atoms with Gasteiger partial charge in [-0.1, -0.05) is 15.8 Å². The van der Waals surface area contributed by atoms with E-state index >= 15 is 4.39 Å². The van der Waals surface area contributed by atoms with Gasteiger partial charge in [-0.15, -0.1) is 4.57 Å². The molecule has 4 aromatic rings. The van der Waals surface area contributed by atoms with Gasteiger partial charge in [-0.3, -0.25) is 0 Å². The third kappa shape index (κ3) is 2.15. The summed E-state index contributed by atoms with van der Waals surface area (Å²) in [5, 5.41) is 3.82. The van der Waals surface area contributed by atoms with Crippen molar-refractivity contribution >= 4 is 0 Å². The number of pyridine rings is 3. The van der Waals surface area contributed by atoms with Crippen LogP contribution >= 0.6 is 0 Å². The number of halogens is 7. The minimum absolute atomic E-state index is 0.00187. The summed E-state index contributed by atoms with van der Waals surface area (Å²) in [6, 6.07) is 10.7. The Bertz CT molecular complexity index is 1660. The molecule has 0 radical (unpaired) electrons. The molecule has 3 aliphatic heterocycles. The lowest BCUT2D eigenvalue weighted by Gasteiger charge is -2.33. The van der Waals surface area contributed by atoms with Gasteiger partial charge in [0.15, 0.2) is 17.2 Å². The minimum Gasteiger partial charge on any atom is -0.248 e. The Balaban J connectivity index is 1.73. The van der Waals surface area contributed by atoms with Gasteiger partial charge in [0.2, 0.25) is 11.4 Å². The van der Waals surface area contributed by atoms with Gasteiger partial charge in [-0.05, 0) is 26.0 Å². The van der Waals surface area contributed by atoms with E-state index < -0.39 is 40.6 Å². The van der Waals surface area contributed by atoms with Crippen molar-refractivity contribution < 1.29 is 39.9 Å². The summed E-state index contributed by atoms with van der Waals surface area (Å²) >= 11 is 0. The summed E-state index contributed by atoms with van der Waals surface area (Å²) in [6.45, 7) is 3.78. The molecule has 4 aromatic heterocycles. The van der Waals surface area contributed by atoms with Crippen molar-refractivity contribution in [2.75, 3.05) is 0 Å². The molecular formula is C24H14F7N5+2. The number of aromatic nitrogens is 5. The van der Waals surface area contributed by atoms with Crippen LogP contribution in [0.1, 0.15) is 47.9 Å². The first kappa shape index (κ1) is 21.5. The molecule has 3 aliphatic rings. The molecule has 0 bridgehead atoms. The van der Waals surface area contributed by atoms with Crippen molar-refractivity contribution in [3.05, 3.63) is 88.5 Å². The van der Waals surface area contributed by atoms with Crippen molar-refractivity contribution in [1.29, 1.82) is 0 Å². The molecule has 0 N–H and O–H groups in total. The number of hydrogen-bond acceptors (Lipinski definition) is 2. The first-order valence-electron chi connectivity index (χ1n) is 10.9. The van der Waals surface area contributed by atoms with Gasteiger partial charge >= 0.3 is 23.8 Å². The molecule has 7 rings (SSSR count). The topological polar surface area (TPSA) is 38.5 Å². The SMILES string of the molecule is CC1(C)c2cccc3[n+]2[C@]2(c4cnc(C(F)(F)F)c(F)c4-3)c3cc(C(F)(F)F)nn3-c3cccc1[n+]32. The quantitative estimate of drug-likeness (QED) is 0.229. The lowest BCUT2D eigenvalue weighted by atomic mass is 9.79. The highest BCUT2D eigenvalue weighted by Gasteiger charge is 2.74. The molecule has 0 saturated carbocycles. The predicted molar refractivity (Wildman–Crippen MR) is 107 cm³/mol. The zero-order valence-corrected chi connectivity index (χ0v) is 18.5. The van der Waals surface area contributed by atoms with Crippen LogP contribution in [0.25, 0.3) is 17.1 Å². The second kappa shape index (κ2) is 5.93. The largest absolute Gasteiger partial charge is 0.437 e. The average Bonchev–Trinajstić information content (AvgIpc) is 3.43. The molecule has 0 amide bonds. The fourth-order valence-corrected chi connectivity index (χ4v) is 6.01. The molecule has 1 atom stereocenters. The van der Waals surface area contributed by atoms with E-state index in [4.69, 9.17) is 0 Å². The van der Waals surface area contributed by atoms with E-state index in [0.717, 1.165) is 16.9 Å². The number of fused-ring (bicyclic) bond motifs is 4. The molecule has 0 unspecified atom stereocenters. The predicted octanol–water partition coefficient (Wildman–Crippen LogP) is 4.25. The minimum atomic E-state index is -5.06. The monoisotopic (exact) mass is 505 g/mol. The maximum atomic E-state index is 15.7. The van der Waals surface area contributed by atoms with Crippen molar-refractivity contribution in [3.8, 4) is 17.1 Å². The summed E-state index contributed by atoms with van der Waals surface area (Å²) < 4.78 is 102. The van der Waals surface area contributed by atoms with Gasteiger partial charge in [0, 0.05) is 30.5 Å². The van der Waals surface area contributed by atoms with E-state index in [0.29, 0.717) is 11.4 Å². The molecule has 7 heterocycles. The van der Waals surface area contributed by atoms with Gasteiger partial charge in [0.05, 0.1) is 0 Å². The van der Waals surface area contributed by atoms with Crippen LogP contribution in [0.5, 0.6) is 0 Å². The highest BCUT2D eigenvalue weighted by molar-refractivity contribution is 5.69. The van der Waals surface area contributed by atoms with Crippen molar-refractivity contribution in [2.45, 2.75) is 37.3 Å². The molecular weight excluding hydrogens is 491 g/mol. The highest BCUT2D eigenvalue weighted by Crippen LogP contribution is 2.51. The van der Waals surface area contributed by atoms with Gasteiger partial charge < -0.3 is 0 Å². The van der Waals surface area contributed by atoms with E-state index in [-0.39, 0.29) is 28.3 Å². The maximum Gasteiger partial charge on any atom is 0.437 e. The standard InChI is InChI=1S/C24H14F7N5/c1-21(2)14-6-3-5-12-18-11(10-32-20(19(18)25)24(29,30)31)22(34(12)14)16-9-13(23(26,27)28)33-36(16)17-8-4-7-15(21)35(17)22/h3-10H,1-2H3/q+2/t22-/m0/s1. The molecule has 0 fully saturated rings. The zero-order valence-electron chi connectivity index (χ0n) is 18.5. The van der Waals surface area contributed by atoms with Gasteiger partial charge in [0.25, 0.3) is 5.69 Å². The summed E-state index contributed by atoms with van der Waals surface area (Å²) in [6.07, 6.45) is -8.92. The molecule has 5 nitrogen and oxygen atoms in total. The maximum absolute atomic E-state index is 15.7. The molecule has 12 heteroatoms. The molecule has 0 aromatic carbocycles. The number of nitrogens with zero attached hydrogens (tertiary/aromatic N) is 5. The second-order valence-electron chi connectivity index (χ2n) is 9.57. The molecule has 36 heavy (non-hydrogen) atoms. The van der Waals surface area contributed by atoms with Gasteiger partial charge in [0.1, 0.15) is 22.2 Å². The lowest BCUT2D eigenvalue weighted by molar-refractivity contribution is -0.972. The van der Waals surface area contributed by atoms with Crippen LogP contribution < -0.4 is 9.13 Å². The van der Waals surface area contributed by atoms with E-state index in [2.05, 4.69) is 10.1 Å². The highest BCUT2D eigenvalue weighted by atomic mass is 19.4. The van der Waals surface area contributed by atoms with E-state index in [1.54, 1.807) is 39.5 Å². The Morgan fingerprint density at radius 1 is 0.889 bits per heavy atom. The second-order valence-corrected chi connectivity index (χ2v) is 9.57. The van der Waals surface area contributed by atoms with Crippen LogP contribution in [0.15, 0.2) is 48.7 Å². The fourth-order valence-electron chi connectivity index (χ4n) is 6.01. The molecule has 182 valence electrons. The summed E-state index contributed by atoms with van der Waals surface area (Å²) in [4.78, 5) is 3.43. The lowest BCUT2D eigenvalue weighted by Crippen LogP contribution is -2.79. The number of hydrogen-bond donors (Lipinski definition) is 0. The Morgan fingerprint density at radius 3 is 2.22 bits per heavy atom. The summed E-state index contributed by atoms with van der Waals surface area (Å²) in [5.74, 6) is -1.30. The Labute approximate surface area is 198 Å². The van der Waals surface area contributed by atoms with Crippen LogP contribution in [0.4, 0.5) is 30.7 Å².